The van der Waals surface area contributed by atoms with Crippen molar-refractivity contribution >= 4 is 17.6 Å². The number of benzene rings is 2. The van der Waals surface area contributed by atoms with E-state index in [1.165, 1.54) is 62.9 Å². The Bertz CT molecular complexity index is 1340. The normalized spacial score (nSPS) is 10.5. The minimum Gasteiger partial charge on any atom is -0.493 e. The summed E-state index contributed by atoms with van der Waals surface area (Å²) in [5.74, 6) is -0.547. The average molecular weight is 497 g/mol. The van der Waals surface area contributed by atoms with Gasteiger partial charge in [-0.25, -0.2) is 9.18 Å². The van der Waals surface area contributed by atoms with Crippen molar-refractivity contribution in [1.29, 1.82) is 0 Å². The smallest absolute Gasteiger partial charge is 0.340 e. The zero-order valence-electron chi connectivity index (χ0n) is 19.1. The molecule has 1 N–H and O–H groups in total. The number of nitrogens with zero attached hydrogens (tertiary/aromatic N) is 2. The minimum atomic E-state index is -0.798. The highest BCUT2D eigenvalue weighted by Crippen LogP contribution is 2.34. The number of ether oxygens (including phenoxy) is 4. The lowest BCUT2D eigenvalue weighted by atomic mass is 10.1. The zero-order valence-corrected chi connectivity index (χ0v) is 19.1. The molecule has 0 radical (unpaired) electrons. The van der Waals surface area contributed by atoms with E-state index >= 15 is 0 Å². The average Bonchev–Trinajstić information content (AvgIpc) is 3.59. The fourth-order valence-electron chi connectivity index (χ4n) is 3.03. The van der Waals surface area contributed by atoms with Crippen molar-refractivity contribution in [1.82, 2.24) is 10.1 Å². The monoisotopic (exact) mass is 497 g/mol. The number of methoxy groups -OCH3 is 2. The van der Waals surface area contributed by atoms with Crippen LogP contribution in [0.25, 0.3) is 0 Å². The van der Waals surface area contributed by atoms with Crippen molar-refractivity contribution in [3.05, 3.63) is 83.7 Å². The molecular weight excluding hydrogens is 477 g/mol. The van der Waals surface area contributed by atoms with Crippen LogP contribution in [0, 0.1) is 5.82 Å². The van der Waals surface area contributed by atoms with Gasteiger partial charge in [-0.05, 0) is 36.4 Å². The Morgan fingerprint density at radius 2 is 1.78 bits per heavy atom. The first-order valence-corrected chi connectivity index (χ1v) is 10.4. The summed E-state index contributed by atoms with van der Waals surface area (Å²) in [6.07, 6.45) is 1.35. The Balaban J connectivity index is 1.44. The van der Waals surface area contributed by atoms with Crippen LogP contribution in [-0.4, -0.2) is 36.2 Å². The van der Waals surface area contributed by atoms with Gasteiger partial charge in [0.2, 0.25) is 5.82 Å². The molecule has 12 heteroatoms. The van der Waals surface area contributed by atoms with Gasteiger partial charge in [0.1, 0.15) is 11.6 Å². The summed E-state index contributed by atoms with van der Waals surface area (Å²) in [4.78, 5) is 29.4. The van der Waals surface area contributed by atoms with Gasteiger partial charge in [0.25, 0.3) is 11.8 Å². The highest BCUT2D eigenvalue weighted by atomic mass is 19.1. The molecule has 4 aromatic rings. The van der Waals surface area contributed by atoms with E-state index in [0.29, 0.717) is 5.75 Å². The van der Waals surface area contributed by atoms with Crippen molar-refractivity contribution in [3.63, 3.8) is 0 Å². The summed E-state index contributed by atoms with van der Waals surface area (Å²) < 4.78 is 44.4. The van der Waals surface area contributed by atoms with Gasteiger partial charge in [0.15, 0.2) is 30.5 Å². The minimum absolute atomic E-state index is 0.00746. The van der Waals surface area contributed by atoms with Crippen molar-refractivity contribution in [2.45, 2.75) is 13.2 Å². The van der Waals surface area contributed by atoms with E-state index < -0.39 is 11.9 Å². The second kappa shape index (κ2) is 11.0. The van der Waals surface area contributed by atoms with Crippen molar-refractivity contribution in [3.8, 4) is 17.2 Å². The summed E-state index contributed by atoms with van der Waals surface area (Å²) in [5.41, 5.74) is 0.102. The lowest BCUT2D eigenvalue weighted by Gasteiger charge is -2.14. The molecule has 186 valence electrons. The molecule has 0 atom stereocenters. The standard InChI is InChI=1S/C24H20FN3O8/c1-31-19-10-16(17(11-20(19)32-2)26-23(29)18-4-3-9-33-18)24(30)35-13-22-27-21(28-36-22)12-34-15-7-5-14(25)6-8-15/h3-11H,12-13H2,1-2H3,(H,26,29). The molecule has 2 aromatic carbocycles. The molecule has 0 unspecified atom stereocenters. The fraction of sp³-hybridized carbons (Fsp3) is 0.167. The number of hydrogen-bond donors (Lipinski definition) is 1. The van der Waals surface area contributed by atoms with Gasteiger partial charge in [0.05, 0.1) is 31.7 Å². The van der Waals surface area contributed by atoms with Gasteiger partial charge in [-0.15, -0.1) is 0 Å². The molecule has 11 nitrogen and oxygen atoms in total. The number of aromatic nitrogens is 2. The lowest BCUT2D eigenvalue weighted by molar-refractivity contribution is 0.0430. The quantitative estimate of drug-likeness (QED) is 0.320. The van der Waals surface area contributed by atoms with E-state index in [1.54, 1.807) is 6.07 Å². The zero-order chi connectivity index (χ0) is 25.5. The van der Waals surface area contributed by atoms with E-state index in [-0.39, 0.29) is 59.3 Å². The Morgan fingerprint density at radius 3 is 2.47 bits per heavy atom. The maximum absolute atomic E-state index is 13.0. The van der Waals surface area contributed by atoms with Crippen molar-refractivity contribution in [2.75, 3.05) is 19.5 Å². The fourth-order valence-corrected chi connectivity index (χ4v) is 3.03. The molecule has 2 aromatic heterocycles. The number of anilines is 1. The molecule has 4 rings (SSSR count). The van der Waals surface area contributed by atoms with Crippen molar-refractivity contribution < 1.29 is 41.9 Å². The van der Waals surface area contributed by atoms with Crippen LogP contribution in [-0.2, 0) is 18.0 Å². The topological polar surface area (TPSA) is 135 Å². The third-order valence-electron chi connectivity index (χ3n) is 4.76. The third kappa shape index (κ3) is 5.78. The number of carbonyl (C=O) groups is 2. The second-order valence-corrected chi connectivity index (χ2v) is 7.11. The Kier molecular flexibility index (Phi) is 7.44. The number of rotatable bonds is 10. The van der Waals surface area contributed by atoms with Gasteiger partial charge in [-0.1, -0.05) is 5.16 Å². The molecule has 36 heavy (non-hydrogen) atoms. The molecule has 0 saturated heterocycles. The molecule has 0 bridgehead atoms. The molecule has 0 aliphatic rings. The summed E-state index contributed by atoms with van der Waals surface area (Å²) in [7, 11) is 2.82. The predicted octanol–water partition coefficient (Wildman–Crippen LogP) is 4.01. The van der Waals surface area contributed by atoms with Crippen molar-refractivity contribution in [2.24, 2.45) is 0 Å². The largest absolute Gasteiger partial charge is 0.493 e. The molecular formula is C24H20FN3O8. The van der Waals surface area contributed by atoms with Crippen LogP contribution in [0.4, 0.5) is 10.1 Å². The van der Waals surface area contributed by atoms with E-state index in [4.69, 9.17) is 27.9 Å². The van der Waals surface area contributed by atoms with Gasteiger partial charge < -0.3 is 33.2 Å². The summed E-state index contributed by atoms with van der Waals surface area (Å²) in [6, 6.07) is 11.3. The summed E-state index contributed by atoms with van der Waals surface area (Å²) in [5, 5.41) is 6.35. The van der Waals surface area contributed by atoms with Crippen LogP contribution in [0.2, 0.25) is 0 Å². The highest BCUT2D eigenvalue weighted by Gasteiger charge is 2.22. The number of esters is 1. The van der Waals surface area contributed by atoms with E-state index in [2.05, 4.69) is 15.5 Å². The Morgan fingerprint density at radius 1 is 1.03 bits per heavy atom. The predicted molar refractivity (Wildman–Crippen MR) is 120 cm³/mol. The first-order valence-electron chi connectivity index (χ1n) is 10.4. The molecule has 0 spiro atoms. The first-order chi connectivity index (χ1) is 17.5. The van der Waals surface area contributed by atoms with Gasteiger partial charge >= 0.3 is 5.97 Å². The van der Waals surface area contributed by atoms with E-state index in [9.17, 15) is 14.0 Å². The van der Waals surface area contributed by atoms with Crippen LogP contribution in [0.5, 0.6) is 17.2 Å². The maximum atomic E-state index is 13.0. The number of halogens is 1. The lowest BCUT2D eigenvalue weighted by Crippen LogP contribution is -2.16. The van der Waals surface area contributed by atoms with E-state index in [1.807, 2.05) is 0 Å². The molecule has 0 aliphatic heterocycles. The molecule has 1 amide bonds. The van der Waals surface area contributed by atoms with Crippen LogP contribution >= 0.6 is 0 Å². The second-order valence-electron chi connectivity index (χ2n) is 7.11. The van der Waals surface area contributed by atoms with Gasteiger partial charge in [-0.3, -0.25) is 4.79 Å². The number of hydrogen-bond acceptors (Lipinski definition) is 10. The van der Waals surface area contributed by atoms with Crippen LogP contribution in [0.15, 0.2) is 63.7 Å². The maximum Gasteiger partial charge on any atom is 0.340 e. The number of amides is 1. The summed E-state index contributed by atoms with van der Waals surface area (Å²) in [6.45, 7) is -0.385. The molecule has 2 heterocycles. The number of carbonyl (C=O) groups excluding carboxylic acids is 2. The van der Waals surface area contributed by atoms with Gasteiger partial charge in [0, 0.05) is 12.1 Å². The molecule has 0 fully saturated rings. The first kappa shape index (κ1) is 24.3. The molecule has 0 aliphatic carbocycles. The Hall–Kier alpha value is -4.87. The SMILES string of the molecule is COc1cc(NC(=O)c2ccco2)c(C(=O)OCc2nc(COc3ccc(F)cc3)no2)cc1OC. The van der Waals surface area contributed by atoms with E-state index in [0.717, 1.165) is 0 Å². The van der Waals surface area contributed by atoms with Crippen LogP contribution < -0.4 is 19.5 Å². The Labute approximate surface area is 203 Å². The summed E-state index contributed by atoms with van der Waals surface area (Å²) >= 11 is 0. The van der Waals surface area contributed by atoms with Gasteiger partial charge in [-0.2, -0.15) is 4.98 Å². The van der Waals surface area contributed by atoms with Crippen LogP contribution in [0.3, 0.4) is 0 Å². The number of furan rings is 1. The molecule has 0 saturated carbocycles. The number of nitrogens with one attached hydrogen (secondary N) is 1. The van der Waals surface area contributed by atoms with Crippen LogP contribution in [0.1, 0.15) is 32.6 Å². The highest BCUT2D eigenvalue weighted by molar-refractivity contribution is 6.07. The third-order valence-corrected chi connectivity index (χ3v) is 4.76.